The lowest BCUT2D eigenvalue weighted by Gasteiger charge is -2.22. The van der Waals surface area contributed by atoms with E-state index in [0.717, 1.165) is 25.8 Å². The van der Waals surface area contributed by atoms with Gasteiger partial charge in [-0.1, -0.05) is 6.42 Å². The van der Waals surface area contributed by atoms with E-state index in [1.807, 2.05) is 0 Å². The van der Waals surface area contributed by atoms with Crippen LogP contribution in [0.3, 0.4) is 0 Å². The average Bonchev–Trinajstić information content (AvgIpc) is 2.43. The Morgan fingerprint density at radius 2 is 2.16 bits per heavy atom. The molecule has 6 nitrogen and oxygen atoms in total. The summed E-state index contributed by atoms with van der Waals surface area (Å²) in [5.41, 5.74) is 0. The fourth-order valence-corrected chi connectivity index (χ4v) is 1.73. The number of halogens is 1. The lowest BCUT2D eigenvalue weighted by molar-refractivity contribution is -0.140. The number of esters is 1. The molecule has 1 atom stereocenters. The molecule has 1 amide bonds. The summed E-state index contributed by atoms with van der Waals surface area (Å²) in [6.07, 6.45) is 2.64. The molecule has 0 aromatic carbocycles. The second-order valence-electron chi connectivity index (χ2n) is 4.24. The number of ether oxygens (including phenoxy) is 2. The molecular weight excluding hydrogens is 272 g/mol. The van der Waals surface area contributed by atoms with Gasteiger partial charge in [0.15, 0.2) is 0 Å². The van der Waals surface area contributed by atoms with E-state index in [4.69, 9.17) is 4.74 Å². The van der Waals surface area contributed by atoms with Crippen molar-refractivity contribution in [1.82, 2.24) is 10.6 Å². The van der Waals surface area contributed by atoms with Gasteiger partial charge >= 0.3 is 5.97 Å². The second-order valence-corrected chi connectivity index (χ2v) is 4.24. The molecule has 0 saturated carbocycles. The fourth-order valence-electron chi connectivity index (χ4n) is 1.73. The minimum Gasteiger partial charge on any atom is -0.469 e. The maximum absolute atomic E-state index is 11.6. The van der Waals surface area contributed by atoms with Crippen LogP contribution in [0.25, 0.3) is 0 Å². The highest BCUT2D eigenvalue weighted by Crippen LogP contribution is 2.01. The van der Waals surface area contributed by atoms with E-state index < -0.39 is 0 Å². The molecule has 7 heteroatoms. The van der Waals surface area contributed by atoms with Crippen LogP contribution >= 0.6 is 12.4 Å². The Labute approximate surface area is 120 Å². The van der Waals surface area contributed by atoms with Gasteiger partial charge in [-0.25, -0.2) is 0 Å². The first-order chi connectivity index (χ1) is 8.74. The van der Waals surface area contributed by atoms with Crippen LogP contribution in [-0.2, 0) is 19.1 Å². The highest BCUT2D eigenvalue weighted by molar-refractivity contribution is 5.85. The summed E-state index contributed by atoms with van der Waals surface area (Å²) in [6.45, 7) is 2.59. The summed E-state index contributed by atoms with van der Waals surface area (Å²) in [5, 5.41) is 5.94. The van der Waals surface area contributed by atoms with Gasteiger partial charge in [-0.05, 0) is 12.8 Å². The molecule has 1 fully saturated rings. The van der Waals surface area contributed by atoms with E-state index in [-0.39, 0.29) is 30.4 Å². The van der Waals surface area contributed by atoms with Crippen molar-refractivity contribution >= 4 is 24.3 Å². The summed E-state index contributed by atoms with van der Waals surface area (Å²) in [4.78, 5) is 22.5. The van der Waals surface area contributed by atoms with Gasteiger partial charge in [0.2, 0.25) is 5.91 Å². The molecule has 0 aliphatic carbocycles. The molecule has 0 aromatic rings. The molecule has 2 N–H and O–H groups in total. The maximum atomic E-state index is 11.6. The van der Waals surface area contributed by atoms with Crippen LogP contribution in [0, 0.1) is 0 Å². The molecule has 1 heterocycles. The molecule has 1 saturated heterocycles. The molecule has 112 valence electrons. The number of rotatable bonds is 7. The summed E-state index contributed by atoms with van der Waals surface area (Å²) >= 11 is 0. The first kappa shape index (κ1) is 18.1. The van der Waals surface area contributed by atoms with Crippen molar-refractivity contribution in [2.45, 2.75) is 31.8 Å². The normalized spacial score (nSPS) is 18.3. The third-order valence-electron chi connectivity index (χ3n) is 2.80. The Morgan fingerprint density at radius 1 is 1.37 bits per heavy atom. The van der Waals surface area contributed by atoms with Gasteiger partial charge in [-0.3, -0.25) is 9.59 Å². The number of hydrogen-bond acceptors (Lipinski definition) is 5. The van der Waals surface area contributed by atoms with Crippen LogP contribution in [0.5, 0.6) is 0 Å². The van der Waals surface area contributed by atoms with E-state index >= 15 is 0 Å². The fraction of sp³-hybridized carbons (Fsp3) is 0.833. The number of methoxy groups -OCH3 is 1. The number of morpholine rings is 1. The predicted octanol–water partition coefficient (Wildman–Crippen LogP) is 0.246. The zero-order valence-electron chi connectivity index (χ0n) is 11.3. The van der Waals surface area contributed by atoms with E-state index in [1.165, 1.54) is 7.11 Å². The lowest BCUT2D eigenvalue weighted by Crippen LogP contribution is -2.48. The van der Waals surface area contributed by atoms with E-state index in [1.54, 1.807) is 0 Å². The molecule has 1 aliphatic heterocycles. The van der Waals surface area contributed by atoms with Crippen LogP contribution in [-0.4, -0.2) is 51.3 Å². The van der Waals surface area contributed by atoms with Crippen molar-refractivity contribution in [3.63, 3.8) is 0 Å². The Morgan fingerprint density at radius 3 is 2.79 bits per heavy atom. The van der Waals surface area contributed by atoms with Crippen molar-refractivity contribution in [1.29, 1.82) is 0 Å². The van der Waals surface area contributed by atoms with E-state index in [0.29, 0.717) is 26.1 Å². The minimum absolute atomic E-state index is 0. The van der Waals surface area contributed by atoms with Crippen molar-refractivity contribution < 1.29 is 19.1 Å². The molecule has 0 spiro atoms. The van der Waals surface area contributed by atoms with Crippen LogP contribution in [0.1, 0.15) is 25.7 Å². The Balaban J connectivity index is 0.00000324. The van der Waals surface area contributed by atoms with E-state index in [2.05, 4.69) is 15.4 Å². The van der Waals surface area contributed by atoms with Crippen LogP contribution in [0.4, 0.5) is 0 Å². The average molecular weight is 295 g/mol. The quantitative estimate of drug-likeness (QED) is 0.520. The standard InChI is InChI=1S/C12H22N2O4.ClH/c1-17-11(15)5-3-2-4-6-14-12(16)10-9-13-7-8-18-10;/h10,13H,2-9H2,1H3,(H,14,16);1H. The van der Waals surface area contributed by atoms with Gasteiger partial charge in [-0.15, -0.1) is 12.4 Å². The van der Waals surface area contributed by atoms with Gasteiger partial charge < -0.3 is 20.1 Å². The monoisotopic (exact) mass is 294 g/mol. The Kier molecular flexibility index (Phi) is 10.5. The number of unbranched alkanes of at least 4 members (excludes halogenated alkanes) is 2. The Hall–Kier alpha value is -0.850. The predicted molar refractivity (Wildman–Crippen MR) is 73.4 cm³/mol. The van der Waals surface area contributed by atoms with Gasteiger partial charge in [0, 0.05) is 26.1 Å². The molecule has 1 unspecified atom stereocenters. The molecule has 0 bridgehead atoms. The van der Waals surface area contributed by atoms with Crippen molar-refractivity contribution in [3.8, 4) is 0 Å². The lowest BCUT2D eigenvalue weighted by atomic mass is 10.2. The first-order valence-electron chi connectivity index (χ1n) is 6.41. The van der Waals surface area contributed by atoms with Crippen LogP contribution in [0.2, 0.25) is 0 Å². The Bertz CT molecular complexity index is 270. The topological polar surface area (TPSA) is 76.7 Å². The van der Waals surface area contributed by atoms with Gasteiger partial charge in [-0.2, -0.15) is 0 Å². The summed E-state index contributed by atoms with van der Waals surface area (Å²) in [7, 11) is 1.39. The van der Waals surface area contributed by atoms with Crippen LogP contribution < -0.4 is 10.6 Å². The van der Waals surface area contributed by atoms with Gasteiger partial charge in [0.1, 0.15) is 6.10 Å². The highest BCUT2D eigenvalue weighted by atomic mass is 35.5. The number of nitrogens with one attached hydrogen (secondary N) is 2. The number of carbonyl (C=O) groups excluding carboxylic acids is 2. The van der Waals surface area contributed by atoms with Gasteiger partial charge in [0.05, 0.1) is 13.7 Å². The molecule has 19 heavy (non-hydrogen) atoms. The third-order valence-corrected chi connectivity index (χ3v) is 2.80. The molecule has 1 aliphatic rings. The summed E-state index contributed by atoms with van der Waals surface area (Å²) < 4.78 is 9.87. The number of hydrogen-bond donors (Lipinski definition) is 2. The minimum atomic E-state index is -0.367. The second kappa shape index (κ2) is 11.0. The molecular formula is C12H23ClN2O4. The summed E-state index contributed by atoms with van der Waals surface area (Å²) in [6, 6.07) is 0. The van der Waals surface area contributed by atoms with Crippen molar-refractivity contribution in [2.75, 3.05) is 33.4 Å². The molecule has 0 aromatic heterocycles. The molecule has 1 rings (SSSR count). The molecule has 0 radical (unpaired) electrons. The largest absolute Gasteiger partial charge is 0.469 e. The zero-order valence-corrected chi connectivity index (χ0v) is 12.1. The number of amides is 1. The van der Waals surface area contributed by atoms with Gasteiger partial charge in [0.25, 0.3) is 0 Å². The smallest absolute Gasteiger partial charge is 0.305 e. The van der Waals surface area contributed by atoms with Crippen LogP contribution in [0.15, 0.2) is 0 Å². The van der Waals surface area contributed by atoms with Crippen molar-refractivity contribution in [3.05, 3.63) is 0 Å². The number of carbonyl (C=O) groups is 2. The zero-order chi connectivity index (χ0) is 13.2. The SMILES string of the molecule is COC(=O)CCCCCNC(=O)C1CNCCO1.Cl. The van der Waals surface area contributed by atoms with Crippen molar-refractivity contribution in [2.24, 2.45) is 0 Å². The highest BCUT2D eigenvalue weighted by Gasteiger charge is 2.20. The van der Waals surface area contributed by atoms with E-state index in [9.17, 15) is 9.59 Å². The first-order valence-corrected chi connectivity index (χ1v) is 6.41. The summed E-state index contributed by atoms with van der Waals surface area (Å²) in [5.74, 6) is -0.240. The maximum Gasteiger partial charge on any atom is 0.305 e. The third kappa shape index (κ3) is 8.02.